The largest absolute Gasteiger partial charge is 0.374 e. The van der Waals surface area contributed by atoms with Crippen molar-refractivity contribution in [2.75, 3.05) is 5.32 Å². The smallest absolute Gasteiger partial charge is 0.200 e. The molecule has 0 atom stereocenters. The number of nitrogens with zero attached hydrogens (tertiary/aromatic N) is 1. The third kappa shape index (κ3) is 2.60. The molecule has 0 fully saturated rings. The van der Waals surface area contributed by atoms with E-state index in [0.717, 1.165) is 11.3 Å². The highest BCUT2D eigenvalue weighted by molar-refractivity contribution is 7.11. The van der Waals surface area contributed by atoms with E-state index in [-0.39, 0.29) is 6.54 Å². The Morgan fingerprint density at radius 3 is 2.05 bits per heavy atom. The number of anilines is 1. The molecule has 0 saturated carbocycles. The van der Waals surface area contributed by atoms with Crippen molar-refractivity contribution >= 4 is 17.0 Å². The van der Waals surface area contributed by atoms with Gasteiger partial charge in [-0.3, -0.25) is 0 Å². The molecule has 2 rings (SSSR count). The van der Waals surface area contributed by atoms with Crippen LogP contribution in [0.25, 0.3) is 0 Å². The second-order valence-electron chi connectivity index (χ2n) is 3.87. The Hall–Kier alpha value is -1.70. The maximum absolute atomic E-state index is 13.4. The molecule has 20 heavy (non-hydrogen) atoms. The van der Waals surface area contributed by atoms with Gasteiger partial charge in [0.15, 0.2) is 23.3 Å². The van der Waals surface area contributed by atoms with Crippen LogP contribution < -0.4 is 5.32 Å². The summed E-state index contributed by atoms with van der Waals surface area (Å²) < 4.78 is 65.5. The van der Waals surface area contributed by atoms with Gasteiger partial charge in [-0.25, -0.2) is 26.9 Å². The summed E-state index contributed by atoms with van der Waals surface area (Å²) in [5, 5.41) is 2.69. The first kappa shape index (κ1) is 14.7. The zero-order valence-electron chi connectivity index (χ0n) is 10.2. The number of aromatic nitrogens is 1. The first-order valence-corrected chi connectivity index (χ1v) is 6.46. The van der Waals surface area contributed by atoms with Gasteiger partial charge < -0.3 is 5.32 Å². The van der Waals surface area contributed by atoms with Crippen LogP contribution in [-0.2, 0) is 13.0 Å². The van der Waals surface area contributed by atoms with E-state index in [0.29, 0.717) is 5.01 Å². The van der Waals surface area contributed by atoms with Gasteiger partial charge >= 0.3 is 0 Å². The molecule has 2 nitrogen and oxygen atoms in total. The quantitative estimate of drug-likeness (QED) is 0.524. The minimum absolute atomic E-state index is 0.122. The van der Waals surface area contributed by atoms with Gasteiger partial charge in [0.05, 0.1) is 6.54 Å². The van der Waals surface area contributed by atoms with E-state index in [1.165, 1.54) is 11.3 Å². The lowest BCUT2D eigenvalue weighted by molar-refractivity contribution is 0.381. The Bertz CT molecular complexity index is 612. The Balaban J connectivity index is 2.25. The highest BCUT2D eigenvalue weighted by atomic mass is 32.1. The summed E-state index contributed by atoms with van der Waals surface area (Å²) in [5.41, 5.74) is -1.05. The van der Waals surface area contributed by atoms with Crippen LogP contribution in [0.5, 0.6) is 0 Å². The second-order valence-corrected chi connectivity index (χ2v) is 5.07. The van der Waals surface area contributed by atoms with Crippen molar-refractivity contribution in [3.63, 3.8) is 0 Å². The topological polar surface area (TPSA) is 24.9 Å². The van der Waals surface area contributed by atoms with Crippen LogP contribution in [0.15, 0.2) is 6.20 Å². The summed E-state index contributed by atoms with van der Waals surface area (Å²) in [5.74, 6) is -9.88. The Labute approximate surface area is 115 Å². The van der Waals surface area contributed by atoms with E-state index in [4.69, 9.17) is 0 Å². The first-order chi connectivity index (χ1) is 9.45. The number of hydrogen-bond donors (Lipinski definition) is 1. The molecule has 1 aromatic carbocycles. The molecule has 0 spiro atoms. The van der Waals surface area contributed by atoms with Crippen LogP contribution in [-0.4, -0.2) is 4.98 Å². The van der Waals surface area contributed by atoms with Crippen LogP contribution in [0, 0.1) is 29.1 Å². The molecule has 1 heterocycles. The highest BCUT2D eigenvalue weighted by Gasteiger charge is 2.25. The van der Waals surface area contributed by atoms with Gasteiger partial charge in [-0.1, -0.05) is 6.92 Å². The van der Waals surface area contributed by atoms with E-state index < -0.39 is 34.8 Å². The molecule has 1 aromatic heterocycles. The van der Waals surface area contributed by atoms with Gasteiger partial charge in [-0.2, -0.15) is 0 Å². The molecule has 0 radical (unpaired) electrons. The lowest BCUT2D eigenvalue weighted by atomic mass is 10.2. The Kier molecular flexibility index (Phi) is 4.22. The summed E-state index contributed by atoms with van der Waals surface area (Å²) in [6.07, 6.45) is 2.35. The number of thiazole rings is 1. The third-order valence-corrected chi connectivity index (χ3v) is 3.72. The van der Waals surface area contributed by atoms with Gasteiger partial charge in [-0.05, 0) is 6.42 Å². The van der Waals surface area contributed by atoms with Crippen LogP contribution in [0.3, 0.4) is 0 Å². The van der Waals surface area contributed by atoms with E-state index >= 15 is 0 Å². The standard InChI is InChI=1S/C12H9F5N2S/c1-2-5-3-18-6(20-5)4-19-12-10(16)8(14)7(13)9(15)11(12)17/h3,19H,2,4H2,1H3. The maximum atomic E-state index is 13.4. The minimum atomic E-state index is -2.17. The van der Waals surface area contributed by atoms with Crippen molar-refractivity contribution in [2.24, 2.45) is 0 Å². The van der Waals surface area contributed by atoms with E-state index in [9.17, 15) is 22.0 Å². The van der Waals surface area contributed by atoms with Gasteiger partial charge in [0.1, 0.15) is 10.7 Å². The lowest BCUT2D eigenvalue weighted by Gasteiger charge is -2.09. The number of rotatable bonds is 4. The Morgan fingerprint density at radius 1 is 1.00 bits per heavy atom. The summed E-state index contributed by atoms with van der Waals surface area (Å²) in [6, 6.07) is 0. The number of aryl methyl sites for hydroxylation is 1. The molecule has 0 bridgehead atoms. The summed E-state index contributed by atoms with van der Waals surface area (Å²) in [6.45, 7) is 1.79. The fourth-order valence-electron chi connectivity index (χ4n) is 1.52. The molecule has 2 aromatic rings. The van der Waals surface area contributed by atoms with Crippen LogP contribution in [0.1, 0.15) is 16.8 Å². The molecule has 0 unspecified atom stereocenters. The van der Waals surface area contributed by atoms with Crippen molar-refractivity contribution in [1.29, 1.82) is 0 Å². The van der Waals surface area contributed by atoms with Crippen LogP contribution in [0.2, 0.25) is 0 Å². The van der Waals surface area contributed by atoms with Gasteiger partial charge in [0.2, 0.25) is 5.82 Å². The predicted molar refractivity (Wildman–Crippen MR) is 65.1 cm³/mol. The van der Waals surface area contributed by atoms with Crippen molar-refractivity contribution < 1.29 is 22.0 Å². The summed E-state index contributed by atoms with van der Waals surface area (Å²) >= 11 is 1.30. The molecule has 0 aliphatic rings. The molecule has 1 N–H and O–H groups in total. The monoisotopic (exact) mass is 308 g/mol. The fourth-order valence-corrected chi connectivity index (χ4v) is 2.32. The number of hydrogen-bond acceptors (Lipinski definition) is 3. The van der Waals surface area contributed by atoms with Gasteiger partial charge in [0.25, 0.3) is 0 Å². The lowest BCUT2D eigenvalue weighted by Crippen LogP contribution is -2.09. The van der Waals surface area contributed by atoms with Crippen LogP contribution in [0.4, 0.5) is 27.6 Å². The molecular formula is C12H9F5N2S. The Morgan fingerprint density at radius 2 is 1.55 bits per heavy atom. The predicted octanol–water partition coefficient (Wildman–Crippen LogP) is 4.01. The number of halogens is 5. The molecule has 8 heteroatoms. The molecule has 0 aliphatic carbocycles. The zero-order chi connectivity index (χ0) is 14.9. The second kappa shape index (κ2) is 5.74. The number of benzene rings is 1. The summed E-state index contributed by atoms with van der Waals surface area (Å²) in [4.78, 5) is 4.93. The van der Waals surface area contributed by atoms with Crippen LogP contribution >= 0.6 is 11.3 Å². The highest BCUT2D eigenvalue weighted by Crippen LogP contribution is 2.27. The van der Waals surface area contributed by atoms with Crippen molar-refractivity contribution in [3.8, 4) is 0 Å². The molecule has 0 aliphatic heterocycles. The average Bonchev–Trinajstić information content (AvgIpc) is 2.91. The SMILES string of the molecule is CCc1cnc(CNc2c(F)c(F)c(F)c(F)c2F)s1. The number of nitrogens with one attached hydrogen (secondary N) is 1. The minimum Gasteiger partial charge on any atom is -0.374 e. The first-order valence-electron chi connectivity index (χ1n) is 5.64. The zero-order valence-corrected chi connectivity index (χ0v) is 11.1. The fraction of sp³-hybridized carbons (Fsp3) is 0.250. The molecule has 0 saturated heterocycles. The van der Waals surface area contributed by atoms with Crippen molar-refractivity contribution in [1.82, 2.24) is 4.98 Å². The van der Waals surface area contributed by atoms with Crippen molar-refractivity contribution in [3.05, 3.63) is 45.2 Å². The molecule has 0 amide bonds. The van der Waals surface area contributed by atoms with E-state index in [2.05, 4.69) is 10.3 Å². The van der Waals surface area contributed by atoms with E-state index in [1.54, 1.807) is 6.20 Å². The normalized spacial score (nSPS) is 10.9. The third-order valence-electron chi connectivity index (χ3n) is 2.58. The average molecular weight is 308 g/mol. The van der Waals surface area contributed by atoms with Crippen molar-refractivity contribution in [2.45, 2.75) is 19.9 Å². The maximum Gasteiger partial charge on any atom is 0.200 e. The van der Waals surface area contributed by atoms with E-state index in [1.807, 2.05) is 6.92 Å². The summed E-state index contributed by atoms with van der Waals surface area (Å²) in [7, 11) is 0. The molecular weight excluding hydrogens is 299 g/mol. The van der Waals surface area contributed by atoms with Gasteiger partial charge in [-0.15, -0.1) is 11.3 Å². The van der Waals surface area contributed by atoms with Gasteiger partial charge in [0, 0.05) is 11.1 Å². The molecule has 108 valence electrons.